The zero-order valence-electron chi connectivity index (χ0n) is 10.2. The van der Waals surface area contributed by atoms with Crippen LogP contribution in [0, 0.1) is 0 Å². The Morgan fingerprint density at radius 1 is 1.25 bits per heavy atom. The highest BCUT2D eigenvalue weighted by atomic mass is 79.9. The van der Waals surface area contributed by atoms with Gasteiger partial charge in [0.05, 0.1) is 10.7 Å². The lowest BCUT2D eigenvalue weighted by Crippen LogP contribution is -1.99. The molecule has 3 nitrogen and oxygen atoms in total. The zero-order valence-corrected chi connectivity index (χ0v) is 14.1. The van der Waals surface area contributed by atoms with Gasteiger partial charge >= 0.3 is 0 Å². The first-order valence-corrected chi connectivity index (χ1v) is 7.60. The van der Waals surface area contributed by atoms with Crippen molar-refractivity contribution in [2.75, 3.05) is 0 Å². The van der Waals surface area contributed by atoms with Crippen LogP contribution in [0.5, 0.6) is 5.75 Å². The molecule has 0 unspecified atom stereocenters. The van der Waals surface area contributed by atoms with Gasteiger partial charge < -0.3 is 9.94 Å². The van der Waals surface area contributed by atoms with Crippen LogP contribution in [0.25, 0.3) is 0 Å². The van der Waals surface area contributed by atoms with Crippen LogP contribution in [-0.4, -0.2) is 11.4 Å². The molecule has 0 spiro atoms. The summed E-state index contributed by atoms with van der Waals surface area (Å²) < 4.78 is 7.41. The smallest absolute Gasteiger partial charge is 0.142 e. The summed E-state index contributed by atoms with van der Waals surface area (Å²) in [6, 6.07) is 11.1. The number of nitrogens with zero attached hydrogens (tertiary/aromatic N) is 1. The first-order valence-electron chi connectivity index (χ1n) is 5.64. The molecule has 0 aliphatic carbocycles. The number of hydrogen-bond donors (Lipinski definition) is 1. The largest absolute Gasteiger partial charge is 0.487 e. The molecule has 0 saturated carbocycles. The molecule has 6 heteroatoms. The van der Waals surface area contributed by atoms with Crippen LogP contribution in [0.3, 0.4) is 0 Å². The Balaban J connectivity index is 2.24. The molecule has 1 N–H and O–H groups in total. The molecule has 104 valence electrons. The van der Waals surface area contributed by atoms with E-state index in [4.69, 9.17) is 21.5 Å². The molecule has 0 aliphatic rings. The van der Waals surface area contributed by atoms with E-state index in [-0.39, 0.29) is 0 Å². The van der Waals surface area contributed by atoms with Crippen molar-refractivity contribution in [3.05, 3.63) is 61.5 Å². The number of benzene rings is 2. The normalized spacial score (nSPS) is 10.9. The molecule has 2 rings (SSSR count). The topological polar surface area (TPSA) is 41.8 Å². The van der Waals surface area contributed by atoms with Gasteiger partial charge in [-0.15, -0.1) is 0 Å². The molecule has 0 radical (unpaired) electrons. The average molecular weight is 420 g/mol. The Morgan fingerprint density at radius 3 is 2.75 bits per heavy atom. The number of rotatable bonds is 4. The average Bonchev–Trinajstić information content (AvgIpc) is 2.38. The summed E-state index contributed by atoms with van der Waals surface area (Å²) in [7, 11) is 0. The Hall–Kier alpha value is -1.04. The van der Waals surface area contributed by atoms with Crippen molar-refractivity contribution in [1.82, 2.24) is 0 Å². The number of ether oxygens (including phenoxy) is 1. The van der Waals surface area contributed by atoms with E-state index in [1.165, 1.54) is 6.21 Å². The van der Waals surface area contributed by atoms with Gasteiger partial charge in [-0.1, -0.05) is 44.8 Å². The Labute approximate surface area is 138 Å². The van der Waals surface area contributed by atoms with Crippen molar-refractivity contribution in [2.45, 2.75) is 6.61 Å². The van der Waals surface area contributed by atoms with Gasteiger partial charge in [0, 0.05) is 15.1 Å². The third-order valence-corrected chi connectivity index (χ3v) is 3.79. The Bertz CT molecular complexity index is 647. The van der Waals surface area contributed by atoms with E-state index in [1.807, 2.05) is 30.3 Å². The molecule has 0 fully saturated rings. The van der Waals surface area contributed by atoms with Crippen molar-refractivity contribution in [2.24, 2.45) is 5.16 Å². The van der Waals surface area contributed by atoms with E-state index in [0.717, 1.165) is 14.5 Å². The molecule has 0 heterocycles. The van der Waals surface area contributed by atoms with E-state index < -0.39 is 0 Å². The third-order valence-electron chi connectivity index (χ3n) is 2.51. The molecule has 0 amide bonds. The summed E-state index contributed by atoms with van der Waals surface area (Å²) in [5, 5.41) is 12.4. The minimum Gasteiger partial charge on any atom is -0.487 e. The molecule has 0 aromatic heterocycles. The van der Waals surface area contributed by atoms with Crippen LogP contribution >= 0.6 is 43.5 Å². The third kappa shape index (κ3) is 3.98. The molecular formula is C14H10Br2ClNO2. The van der Waals surface area contributed by atoms with E-state index in [0.29, 0.717) is 22.9 Å². The van der Waals surface area contributed by atoms with Crippen LogP contribution in [-0.2, 0) is 6.61 Å². The molecule has 0 aliphatic heterocycles. The lowest BCUT2D eigenvalue weighted by molar-refractivity contribution is 0.302. The first kappa shape index (κ1) is 15.4. The van der Waals surface area contributed by atoms with Crippen LogP contribution < -0.4 is 4.74 Å². The fourth-order valence-electron chi connectivity index (χ4n) is 1.67. The van der Waals surface area contributed by atoms with Crippen molar-refractivity contribution in [3.8, 4) is 5.75 Å². The molecule has 0 atom stereocenters. The van der Waals surface area contributed by atoms with Gasteiger partial charge in [0.15, 0.2) is 0 Å². The lowest BCUT2D eigenvalue weighted by Gasteiger charge is -2.12. The van der Waals surface area contributed by atoms with Crippen LogP contribution in [0.1, 0.15) is 11.1 Å². The second-order valence-electron chi connectivity index (χ2n) is 3.97. The minimum atomic E-state index is 0.368. The summed E-state index contributed by atoms with van der Waals surface area (Å²) in [5.41, 5.74) is 1.62. The van der Waals surface area contributed by atoms with E-state index in [9.17, 15) is 0 Å². The molecule has 0 saturated heterocycles. The van der Waals surface area contributed by atoms with Crippen molar-refractivity contribution in [3.63, 3.8) is 0 Å². The van der Waals surface area contributed by atoms with Crippen LogP contribution in [0.4, 0.5) is 0 Å². The summed E-state index contributed by atoms with van der Waals surface area (Å²) in [6.45, 7) is 0.368. The molecule has 20 heavy (non-hydrogen) atoms. The highest BCUT2D eigenvalue weighted by Crippen LogP contribution is 2.32. The van der Waals surface area contributed by atoms with Crippen molar-refractivity contribution in [1.29, 1.82) is 0 Å². The Morgan fingerprint density at radius 2 is 2.05 bits per heavy atom. The van der Waals surface area contributed by atoms with Gasteiger partial charge in [0.1, 0.15) is 12.4 Å². The van der Waals surface area contributed by atoms with Crippen LogP contribution in [0.2, 0.25) is 5.02 Å². The summed E-state index contributed by atoms with van der Waals surface area (Å²) in [6.07, 6.45) is 1.32. The highest BCUT2D eigenvalue weighted by Gasteiger charge is 2.09. The maximum atomic E-state index is 8.71. The predicted octanol–water partition coefficient (Wildman–Crippen LogP) is 5.25. The second-order valence-corrected chi connectivity index (χ2v) is 6.18. The van der Waals surface area contributed by atoms with E-state index >= 15 is 0 Å². The molecular weight excluding hydrogens is 409 g/mol. The summed E-state index contributed by atoms with van der Waals surface area (Å²) in [5.74, 6) is 0.603. The standard InChI is InChI=1S/C14H10Br2ClNO2/c15-11-5-10(7-18-19)14(13(16)6-11)20-8-9-2-1-3-12(17)4-9/h1-7,19H,8H2/b18-7-. The number of hydrogen-bond acceptors (Lipinski definition) is 3. The fraction of sp³-hybridized carbons (Fsp3) is 0.0714. The molecule has 0 bridgehead atoms. The van der Waals surface area contributed by atoms with Crippen molar-refractivity contribution >= 4 is 49.7 Å². The van der Waals surface area contributed by atoms with Gasteiger partial charge in [0.25, 0.3) is 0 Å². The van der Waals surface area contributed by atoms with Gasteiger partial charge in [-0.3, -0.25) is 0 Å². The number of oxime groups is 1. The summed E-state index contributed by atoms with van der Waals surface area (Å²) in [4.78, 5) is 0. The van der Waals surface area contributed by atoms with Crippen LogP contribution in [0.15, 0.2) is 50.5 Å². The van der Waals surface area contributed by atoms with Crippen molar-refractivity contribution < 1.29 is 9.94 Å². The summed E-state index contributed by atoms with van der Waals surface area (Å²) >= 11 is 12.7. The Kier molecular flexibility index (Phi) is 5.46. The lowest BCUT2D eigenvalue weighted by atomic mass is 10.2. The fourth-order valence-corrected chi connectivity index (χ4v) is 3.26. The first-order chi connectivity index (χ1) is 9.60. The quantitative estimate of drug-likeness (QED) is 0.418. The SMILES string of the molecule is O/N=C\c1cc(Br)cc(Br)c1OCc1cccc(Cl)c1. The monoisotopic (exact) mass is 417 g/mol. The predicted molar refractivity (Wildman–Crippen MR) is 87.0 cm³/mol. The maximum Gasteiger partial charge on any atom is 0.142 e. The van der Waals surface area contributed by atoms with Gasteiger partial charge in [-0.05, 0) is 45.8 Å². The molecule has 2 aromatic rings. The maximum absolute atomic E-state index is 8.71. The van der Waals surface area contributed by atoms with E-state index in [2.05, 4.69) is 37.0 Å². The minimum absolute atomic E-state index is 0.368. The zero-order chi connectivity index (χ0) is 14.5. The number of halogens is 3. The van der Waals surface area contributed by atoms with Gasteiger partial charge in [0.2, 0.25) is 0 Å². The van der Waals surface area contributed by atoms with Gasteiger partial charge in [-0.25, -0.2) is 0 Å². The highest BCUT2D eigenvalue weighted by molar-refractivity contribution is 9.11. The van der Waals surface area contributed by atoms with E-state index in [1.54, 1.807) is 6.07 Å². The molecule has 2 aromatic carbocycles. The van der Waals surface area contributed by atoms with Gasteiger partial charge in [-0.2, -0.15) is 0 Å². The second kappa shape index (κ2) is 7.11.